The van der Waals surface area contributed by atoms with Crippen LogP contribution in [0.2, 0.25) is 0 Å². The highest BCUT2D eigenvalue weighted by atomic mass is 32.2. The zero-order valence-electron chi connectivity index (χ0n) is 18.8. The summed E-state index contributed by atoms with van der Waals surface area (Å²) in [5.74, 6) is 0.977. The standard InChI is InChI=1S/C27H34O4S/c1-19(2)9-8-13-25(29)24(28)12-6-7-16-31-22-15-14-21-17-23(20-10-4-3-5-11-20)27(30)32-26(21)18-22/h3-5,10-11,14-15,17-18,21,24-26,28-29H,1,6-9,12-13,16H2,2H3. The van der Waals surface area contributed by atoms with Crippen molar-refractivity contribution < 1.29 is 19.7 Å². The Balaban J connectivity index is 1.39. The molecule has 3 rings (SSSR count). The van der Waals surface area contributed by atoms with E-state index >= 15 is 0 Å². The minimum absolute atomic E-state index is 0.0612. The largest absolute Gasteiger partial charge is 0.494 e. The first-order valence-corrected chi connectivity index (χ1v) is 12.3. The van der Waals surface area contributed by atoms with Crippen molar-refractivity contribution in [2.75, 3.05) is 6.61 Å². The van der Waals surface area contributed by atoms with Crippen molar-refractivity contribution in [3.8, 4) is 0 Å². The van der Waals surface area contributed by atoms with Crippen LogP contribution in [0.1, 0.15) is 51.0 Å². The fourth-order valence-corrected chi connectivity index (χ4v) is 5.01. The number of rotatable bonds is 12. The number of aliphatic hydroxyl groups is 2. The molecule has 4 unspecified atom stereocenters. The minimum Gasteiger partial charge on any atom is -0.494 e. The average molecular weight is 455 g/mol. The fourth-order valence-electron chi connectivity index (χ4n) is 3.93. The lowest BCUT2D eigenvalue weighted by Crippen LogP contribution is -2.25. The molecule has 1 heterocycles. The van der Waals surface area contributed by atoms with E-state index in [1.54, 1.807) is 0 Å². The van der Waals surface area contributed by atoms with Crippen molar-refractivity contribution in [3.05, 3.63) is 78.1 Å². The number of allylic oxidation sites excluding steroid dienone is 4. The van der Waals surface area contributed by atoms with Gasteiger partial charge in [-0.1, -0.05) is 59.8 Å². The Morgan fingerprint density at radius 3 is 2.53 bits per heavy atom. The number of benzene rings is 1. The van der Waals surface area contributed by atoms with Gasteiger partial charge in [0.15, 0.2) is 0 Å². The number of aliphatic hydroxyl groups excluding tert-OH is 2. The summed E-state index contributed by atoms with van der Waals surface area (Å²) in [6.07, 6.45) is 11.3. The van der Waals surface area contributed by atoms with Gasteiger partial charge in [0.05, 0.1) is 18.8 Å². The lowest BCUT2D eigenvalue weighted by molar-refractivity contribution is -0.106. The van der Waals surface area contributed by atoms with E-state index in [0.717, 1.165) is 48.2 Å². The zero-order valence-corrected chi connectivity index (χ0v) is 19.6. The highest BCUT2D eigenvalue weighted by molar-refractivity contribution is 8.15. The van der Waals surface area contributed by atoms with Crippen LogP contribution in [0.5, 0.6) is 0 Å². The van der Waals surface area contributed by atoms with Gasteiger partial charge in [0.1, 0.15) is 5.76 Å². The number of unbranched alkanes of at least 4 members (excludes halogenated alkanes) is 1. The van der Waals surface area contributed by atoms with Gasteiger partial charge in [-0.3, -0.25) is 4.79 Å². The molecule has 5 heteroatoms. The van der Waals surface area contributed by atoms with Gasteiger partial charge in [-0.05, 0) is 63.2 Å². The Hall–Kier alpha value is -2.08. The van der Waals surface area contributed by atoms with Gasteiger partial charge in [-0.2, -0.15) is 0 Å². The number of carbonyl (C=O) groups excluding carboxylic acids is 1. The van der Waals surface area contributed by atoms with E-state index in [9.17, 15) is 15.0 Å². The molecule has 0 fully saturated rings. The summed E-state index contributed by atoms with van der Waals surface area (Å²) in [5.41, 5.74) is 2.84. The molecule has 1 aliphatic carbocycles. The second-order valence-electron chi connectivity index (χ2n) is 8.65. The Labute approximate surface area is 195 Å². The molecule has 172 valence electrons. The van der Waals surface area contributed by atoms with Crippen LogP contribution in [-0.2, 0) is 9.53 Å². The maximum Gasteiger partial charge on any atom is 0.220 e. The number of thioether (sulfide) groups is 1. The molecule has 0 bridgehead atoms. The molecular weight excluding hydrogens is 420 g/mol. The van der Waals surface area contributed by atoms with Gasteiger partial charge in [0.2, 0.25) is 5.12 Å². The highest BCUT2D eigenvalue weighted by Crippen LogP contribution is 2.39. The summed E-state index contributed by atoms with van der Waals surface area (Å²) in [6.45, 7) is 6.39. The SMILES string of the molecule is C=C(C)CCCC(O)C(O)CCCCOC1=CC2SC(=O)C(c3ccccc3)=CC2C=C1. The Kier molecular flexibility index (Phi) is 9.39. The van der Waals surface area contributed by atoms with E-state index in [2.05, 4.69) is 18.7 Å². The third-order valence-corrected chi connectivity index (χ3v) is 6.96. The second-order valence-corrected chi connectivity index (χ2v) is 9.80. The molecule has 0 spiro atoms. The quantitative estimate of drug-likeness (QED) is 0.325. The summed E-state index contributed by atoms with van der Waals surface area (Å²) in [6, 6.07) is 9.80. The summed E-state index contributed by atoms with van der Waals surface area (Å²) >= 11 is 1.35. The van der Waals surface area contributed by atoms with E-state index in [-0.39, 0.29) is 16.3 Å². The molecule has 4 atom stereocenters. The molecule has 2 aliphatic rings. The van der Waals surface area contributed by atoms with Crippen LogP contribution in [0.25, 0.3) is 5.57 Å². The number of carbonyl (C=O) groups is 1. The van der Waals surface area contributed by atoms with Crippen molar-refractivity contribution in [3.63, 3.8) is 0 Å². The predicted octanol–water partition coefficient (Wildman–Crippen LogP) is 5.44. The number of hydrogen-bond acceptors (Lipinski definition) is 5. The van der Waals surface area contributed by atoms with Gasteiger partial charge in [0, 0.05) is 16.7 Å². The zero-order chi connectivity index (χ0) is 22.9. The van der Waals surface area contributed by atoms with Gasteiger partial charge < -0.3 is 14.9 Å². The van der Waals surface area contributed by atoms with Crippen LogP contribution in [0.15, 0.2) is 72.5 Å². The van der Waals surface area contributed by atoms with E-state index in [1.165, 1.54) is 11.8 Å². The molecule has 32 heavy (non-hydrogen) atoms. The molecule has 0 radical (unpaired) electrons. The van der Waals surface area contributed by atoms with Gasteiger partial charge in [-0.15, -0.1) is 6.58 Å². The van der Waals surface area contributed by atoms with E-state index in [1.807, 2.05) is 49.4 Å². The first-order valence-electron chi connectivity index (χ1n) is 11.5. The van der Waals surface area contributed by atoms with Gasteiger partial charge in [0.25, 0.3) is 0 Å². The third-order valence-electron chi connectivity index (χ3n) is 5.81. The Bertz CT molecular complexity index is 871. The van der Waals surface area contributed by atoms with Crippen LogP contribution >= 0.6 is 11.8 Å². The molecule has 0 aromatic heterocycles. The third kappa shape index (κ3) is 7.22. The molecule has 1 aromatic carbocycles. The van der Waals surface area contributed by atoms with E-state index in [4.69, 9.17) is 4.74 Å². The van der Waals surface area contributed by atoms with Crippen LogP contribution < -0.4 is 0 Å². The number of hydrogen-bond donors (Lipinski definition) is 2. The monoisotopic (exact) mass is 454 g/mol. The van der Waals surface area contributed by atoms with Crippen LogP contribution in [-0.4, -0.2) is 39.4 Å². The molecule has 1 aromatic rings. The van der Waals surface area contributed by atoms with Crippen molar-refractivity contribution in [2.24, 2.45) is 5.92 Å². The maximum atomic E-state index is 12.6. The normalized spacial score (nSPS) is 21.9. The number of ether oxygens (including phenoxy) is 1. The smallest absolute Gasteiger partial charge is 0.220 e. The topological polar surface area (TPSA) is 66.8 Å². The Morgan fingerprint density at radius 2 is 1.81 bits per heavy atom. The van der Waals surface area contributed by atoms with Crippen LogP contribution in [0, 0.1) is 5.92 Å². The highest BCUT2D eigenvalue weighted by Gasteiger charge is 2.30. The second kappa shape index (κ2) is 12.2. The van der Waals surface area contributed by atoms with Crippen molar-refractivity contribution in [1.29, 1.82) is 0 Å². The molecule has 1 aliphatic heterocycles. The molecule has 4 nitrogen and oxygen atoms in total. The Morgan fingerprint density at radius 1 is 1.09 bits per heavy atom. The van der Waals surface area contributed by atoms with Crippen molar-refractivity contribution in [2.45, 2.75) is 62.9 Å². The lowest BCUT2D eigenvalue weighted by Gasteiger charge is -2.28. The van der Waals surface area contributed by atoms with Crippen LogP contribution in [0.4, 0.5) is 0 Å². The molecule has 2 N–H and O–H groups in total. The van der Waals surface area contributed by atoms with E-state index in [0.29, 0.717) is 19.4 Å². The van der Waals surface area contributed by atoms with Gasteiger partial charge in [-0.25, -0.2) is 0 Å². The molecule has 0 saturated heterocycles. The first-order chi connectivity index (χ1) is 15.4. The van der Waals surface area contributed by atoms with E-state index < -0.39 is 12.2 Å². The molecule has 0 saturated carbocycles. The fraction of sp³-hybridized carbons (Fsp3) is 0.444. The van der Waals surface area contributed by atoms with Gasteiger partial charge >= 0.3 is 0 Å². The van der Waals surface area contributed by atoms with Crippen molar-refractivity contribution >= 4 is 22.5 Å². The summed E-state index contributed by atoms with van der Waals surface area (Å²) < 4.78 is 5.89. The van der Waals surface area contributed by atoms with Crippen LogP contribution in [0.3, 0.4) is 0 Å². The number of fused-ring (bicyclic) bond motifs is 1. The maximum absolute atomic E-state index is 12.6. The average Bonchev–Trinajstić information content (AvgIpc) is 2.78. The summed E-state index contributed by atoms with van der Waals surface area (Å²) in [5, 5.41) is 20.3. The summed E-state index contributed by atoms with van der Waals surface area (Å²) in [4.78, 5) is 12.6. The molecule has 0 amide bonds. The summed E-state index contributed by atoms with van der Waals surface area (Å²) in [7, 11) is 0. The lowest BCUT2D eigenvalue weighted by atomic mass is 9.94. The predicted molar refractivity (Wildman–Crippen MR) is 132 cm³/mol. The minimum atomic E-state index is -0.690. The first kappa shape index (κ1) is 24.6. The molecular formula is C27H34O4S. The van der Waals surface area contributed by atoms with Crippen molar-refractivity contribution in [1.82, 2.24) is 0 Å².